The fraction of sp³-hybridized carbons (Fsp3) is 0.435. The smallest absolute Gasteiger partial charge is 0.215 e. The molecule has 0 aliphatic carbocycles. The average molecular weight is 575 g/mol. The zero-order valence-corrected chi connectivity index (χ0v) is 22.2. The third-order valence-corrected chi connectivity index (χ3v) is 5.89. The molecule has 9 heteroatoms. The zero-order valence-electron chi connectivity index (χ0n) is 19.0. The van der Waals surface area contributed by atoms with Gasteiger partial charge in [0.15, 0.2) is 5.96 Å². The van der Waals surface area contributed by atoms with Crippen molar-refractivity contribution in [3.63, 3.8) is 0 Å². The normalized spacial score (nSPS) is 12.7. The molecule has 2 aromatic rings. The lowest BCUT2D eigenvalue weighted by Crippen LogP contribution is -2.40. The van der Waals surface area contributed by atoms with Gasteiger partial charge < -0.3 is 15.4 Å². The predicted molar refractivity (Wildman–Crippen MR) is 142 cm³/mol. The quantitative estimate of drug-likeness (QED) is 0.206. The number of nitrogens with one attached hydrogen (secondary N) is 3. The number of sulfonamides is 1. The lowest BCUT2D eigenvalue weighted by molar-refractivity contribution is 0.0931. The van der Waals surface area contributed by atoms with Crippen LogP contribution in [0.15, 0.2) is 59.6 Å². The van der Waals surface area contributed by atoms with Crippen LogP contribution in [-0.2, 0) is 33.7 Å². The van der Waals surface area contributed by atoms with Crippen molar-refractivity contribution in [3.05, 3.63) is 71.3 Å². The molecule has 0 fully saturated rings. The van der Waals surface area contributed by atoms with Crippen LogP contribution >= 0.6 is 24.0 Å². The lowest BCUT2D eigenvalue weighted by atomic mass is 10.1. The first kappa shape index (κ1) is 28.3. The van der Waals surface area contributed by atoms with Crippen LogP contribution in [0, 0.1) is 5.92 Å². The Balaban J connectivity index is 0.00000512. The Bertz CT molecular complexity index is 924. The van der Waals surface area contributed by atoms with E-state index in [0.29, 0.717) is 25.7 Å². The summed E-state index contributed by atoms with van der Waals surface area (Å²) in [5.74, 6) is 1.01. The Hall–Kier alpha value is -1.69. The van der Waals surface area contributed by atoms with Crippen molar-refractivity contribution in [2.24, 2.45) is 10.9 Å². The molecule has 0 aliphatic rings. The first-order valence-corrected chi connectivity index (χ1v) is 12.2. The first-order valence-electron chi connectivity index (χ1n) is 10.5. The molecular formula is C23H35IN4O3S. The number of nitrogens with zero attached hydrogens (tertiary/aromatic N) is 1. The number of aliphatic imine (C=N–C) groups is 1. The molecule has 0 amide bonds. The molecular weight excluding hydrogens is 539 g/mol. The van der Waals surface area contributed by atoms with Gasteiger partial charge in [-0.2, -0.15) is 0 Å². The van der Waals surface area contributed by atoms with Gasteiger partial charge in [0.2, 0.25) is 10.0 Å². The summed E-state index contributed by atoms with van der Waals surface area (Å²) in [6.45, 7) is 7.37. The van der Waals surface area contributed by atoms with Gasteiger partial charge in [-0.05, 0) is 36.6 Å². The van der Waals surface area contributed by atoms with E-state index in [0.717, 1.165) is 30.2 Å². The highest BCUT2D eigenvalue weighted by Crippen LogP contribution is 2.10. The maximum atomic E-state index is 11.8. The maximum Gasteiger partial charge on any atom is 0.215 e. The molecule has 1 atom stereocenters. The monoisotopic (exact) mass is 574 g/mol. The van der Waals surface area contributed by atoms with Gasteiger partial charge in [0.1, 0.15) is 0 Å². The third kappa shape index (κ3) is 11.3. The number of guanidine groups is 1. The molecule has 32 heavy (non-hydrogen) atoms. The van der Waals surface area contributed by atoms with E-state index in [1.54, 1.807) is 0 Å². The van der Waals surface area contributed by atoms with Crippen LogP contribution in [0.4, 0.5) is 0 Å². The second-order valence-electron chi connectivity index (χ2n) is 7.47. The minimum absolute atomic E-state index is 0. The minimum atomic E-state index is -3.30. The standard InChI is InChI=1S/C23H34N4O3S.HI/c1-4-25-23(26-14-19(2)16-30-17-20-9-6-5-7-10-20)27-15-21-11-8-12-22(13-21)18-31(28,29)24-3;/h5-13,19,24H,4,14-18H2,1-3H3,(H2,25,26,27);1H. The second-order valence-corrected chi connectivity index (χ2v) is 9.39. The lowest BCUT2D eigenvalue weighted by Gasteiger charge is -2.16. The number of hydrogen-bond donors (Lipinski definition) is 3. The summed E-state index contributed by atoms with van der Waals surface area (Å²) in [5, 5.41) is 6.60. The van der Waals surface area contributed by atoms with E-state index in [2.05, 4.69) is 39.4 Å². The van der Waals surface area contributed by atoms with Crippen LogP contribution in [0.2, 0.25) is 0 Å². The number of ether oxygens (including phenoxy) is 1. The van der Waals surface area contributed by atoms with Crippen LogP contribution in [0.3, 0.4) is 0 Å². The van der Waals surface area contributed by atoms with Gasteiger partial charge in [-0.1, -0.05) is 61.5 Å². The molecule has 0 aromatic heterocycles. The Morgan fingerprint density at radius 3 is 2.41 bits per heavy atom. The molecule has 1 unspecified atom stereocenters. The van der Waals surface area contributed by atoms with Crippen LogP contribution in [0.5, 0.6) is 0 Å². The van der Waals surface area contributed by atoms with E-state index in [1.165, 1.54) is 12.6 Å². The van der Waals surface area contributed by atoms with Gasteiger partial charge in [-0.25, -0.2) is 18.1 Å². The zero-order chi connectivity index (χ0) is 22.5. The van der Waals surface area contributed by atoms with E-state index < -0.39 is 10.0 Å². The summed E-state index contributed by atoms with van der Waals surface area (Å²) in [4.78, 5) is 4.63. The van der Waals surface area contributed by atoms with Crippen molar-refractivity contribution in [1.29, 1.82) is 0 Å². The summed E-state index contributed by atoms with van der Waals surface area (Å²) < 4.78 is 31.7. The van der Waals surface area contributed by atoms with Gasteiger partial charge in [0, 0.05) is 13.1 Å². The molecule has 2 aromatic carbocycles. The fourth-order valence-corrected chi connectivity index (χ4v) is 3.67. The number of benzene rings is 2. The van der Waals surface area contributed by atoms with E-state index in [9.17, 15) is 8.42 Å². The van der Waals surface area contributed by atoms with E-state index in [-0.39, 0.29) is 29.7 Å². The highest BCUT2D eigenvalue weighted by atomic mass is 127. The fourth-order valence-electron chi connectivity index (χ4n) is 2.90. The molecule has 2 rings (SSSR count). The summed E-state index contributed by atoms with van der Waals surface area (Å²) in [6.07, 6.45) is 0. The van der Waals surface area contributed by atoms with Gasteiger partial charge in [-0.3, -0.25) is 0 Å². The minimum Gasteiger partial charge on any atom is -0.376 e. The van der Waals surface area contributed by atoms with Crippen molar-refractivity contribution in [1.82, 2.24) is 15.4 Å². The Morgan fingerprint density at radius 1 is 1.03 bits per heavy atom. The first-order chi connectivity index (χ1) is 14.9. The summed E-state index contributed by atoms with van der Waals surface area (Å²) >= 11 is 0. The van der Waals surface area contributed by atoms with Crippen LogP contribution in [0.25, 0.3) is 0 Å². The van der Waals surface area contributed by atoms with E-state index >= 15 is 0 Å². The molecule has 7 nitrogen and oxygen atoms in total. The molecule has 3 N–H and O–H groups in total. The van der Waals surface area contributed by atoms with Crippen molar-refractivity contribution in [2.45, 2.75) is 32.8 Å². The molecule has 178 valence electrons. The third-order valence-electron chi connectivity index (χ3n) is 4.55. The second kappa shape index (κ2) is 15.2. The Kier molecular flexibility index (Phi) is 13.5. The molecule has 0 spiro atoms. The van der Waals surface area contributed by atoms with Crippen molar-refractivity contribution in [3.8, 4) is 0 Å². The molecule has 0 saturated carbocycles. The molecule has 0 radical (unpaired) electrons. The molecule has 0 heterocycles. The number of rotatable bonds is 12. The molecule has 0 saturated heterocycles. The van der Waals surface area contributed by atoms with Gasteiger partial charge in [0.05, 0.1) is 25.5 Å². The van der Waals surface area contributed by atoms with Crippen molar-refractivity contribution >= 4 is 40.0 Å². The largest absolute Gasteiger partial charge is 0.376 e. The van der Waals surface area contributed by atoms with Gasteiger partial charge in [0.25, 0.3) is 0 Å². The van der Waals surface area contributed by atoms with E-state index in [4.69, 9.17) is 4.74 Å². The Morgan fingerprint density at radius 2 is 1.72 bits per heavy atom. The predicted octanol–water partition coefficient (Wildman–Crippen LogP) is 3.26. The summed E-state index contributed by atoms with van der Waals surface area (Å²) in [6, 6.07) is 17.6. The number of hydrogen-bond acceptors (Lipinski definition) is 4. The summed E-state index contributed by atoms with van der Waals surface area (Å²) in [5.41, 5.74) is 2.87. The maximum absolute atomic E-state index is 11.8. The van der Waals surface area contributed by atoms with Crippen LogP contribution in [0.1, 0.15) is 30.5 Å². The summed E-state index contributed by atoms with van der Waals surface area (Å²) in [7, 11) is -1.87. The van der Waals surface area contributed by atoms with E-state index in [1.807, 2.05) is 49.4 Å². The van der Waals surface area contributed by atoms with Crippen LogP contribution in [-0.4, -0.2) is 41.1 Å². The Labute approximate surface area is 209 Å². The SMILES string of the molecule is CCNC(=NCc1cccc(CS(=O)(=O)NC)c1)NCC(C)COCc1ccccc1.I. The van der Waals surface area contributed by atoms with Crippen molar-refractivity contribution < 1.29 is 13.2 Å². The van der Waals surface area contributed by atoms with Crippen molar-refractivity contribution in [2.75, 3.05) is 26.7 Å². The van der Waals surface area contributed by atoms with Crippen LogP contribution < -0.4 is 15.4 Å². The van der Waals surface area contributed by atoms with Gasteiger partial charge >= 0.3 is 0 Å². The average Bonchev–Trinajstić information content (AvgIpc) is 2.76. The molecule has 0 aliphatic heterocycles. The molecule has 0 bridgehead atoms. The highest BCUT2D eigenvalue weighted by Gasteiger charge is 2.09. The topological polar surface area (TPSA) is 91.8 Å². The van der Waals surface area contributed by atoms with Gasteiger partial charge in [-0.15, -0.1) is 24.0 Å². The number of halogens is 1. The highest BCUT2D eigenvalue weighted by molar-refractivity contribution is 14.0.